The zero-order valence-corrected chi connectivity index (χ0v) is 12.0. The second kappa shape index (κ2) is 7.48. The molecule has 0 aromatic carbocycles. The van der Waals surface area contributed by atoms with Crippen molar-refractivity contribution in [2.75, 3.05) is 23.7 Å². The van der Waals surface area contributed by atoms with Gasteiger partial charge in [0.15, 0.2) is 0 Å². The van der Waals surface area contributed by atoms with Crippen molar-refractivity contribution in [3.05, 3.63) is 17.5 Å². The maximum absolute atomic E-state index is 9.57. The van der Waals surface area contributed by atoms with Gasteiger partial charge >= 0.3 is 0 Å². The van der Waals surface area contributed by atoms with Crippen molar-refractivity contribution in [2.45, 2.75) is 59.5 Å². The summed E-state index contributed by atoms with van der Waals surface area (Å²) in [5.41, 5.74) is 10.7. The lowest BCUT2D eigenvalue weighted by atomic mass is 10.0. The Bertz CT molecular complexity index is 426. The number of pyridine rings is 1. The number of nitrogens with zero attached hydrogens (tertiary/aromatic N) is 2. The van der Waals surface area contributed by atoms with Gasteiger partial charge in [0, 0.05) is 18.8 Å². The standard InChI is InChI=1S/C13H19N3O.C2H6.CH4/c14-11-8-15-12-3-1-2-10(12)13(11)16-6-4-9(17)5-7-16;1-2;/h8-9,17H,1-7,14H2;1-2H3;1H4. The van der Waals surface area contributed by atoms with Crippen LogP contribution < -0.4 is 10.6 Å². The van der Waals surface area contributed by atoms with Crippen LogP contribution in [0.2, 0.25) is 0 Å². The predicted molar refractivity (Wildman–Crippen MR) is 86.2 cm³/mol. The average Bonchev–Trinajstić information content (AvgIpc) is 2.91. The first-order valence-electron chi connectivity index (χ1n) is 7.45. The second-order valence-corrected chi connectivity index (χ2v) is 5.06. The van der Waals surface area contributed by atoms with Gasteiger partial charge in [-0.15, -0.1) is 0 Å². The Labute approximate surface area is 123 Å². The molecule has 0 atom stereocenters. The van der Waals surface area contributed by atoms with Crippen molar-refractivity contribution in [3.63, 3.8) is 0 Å². The van der Waals surface area contributed by atoms with Gasteiger partial charge in [-0.2, -0.15) is 0 Å². The lowest BCUT2D eigenvalue weighted by molar-refractivity contribution is 0.145. The molecule has 0 unspecified atom stereocenters. The highest BCUT2D eigenvalue weighted by Crippen LogP contribution is 2.35. The van der Waals surface area contributed by atoms with Gasteiger partial charge in [-0.3, -0.25) is 4.98 Å². The molecule has 114 valence electrons. The monoisotopic (exact) mass is 279 g/mol. The van der Waals surface area contributed by atoms with E-state index in [-0.39, 0.29) is 13.5 Å². The van der Waals surface area contributed by atoms with Crippen molar-refractivity contribution in [3.8, 4) is 0 Å². The van der Waals surface area contributed by atoms with E-state index in [4.69, 9.17) is 5.73 Å². The van der Waals surface area contributed by atoms with Gasteiger partial charge in [0.05, 0.1) is 23.7 Å². The topological polar surface area (TPSA) is 62.4 Å². The van der Waals surface area contributed by atoms with E-state index in [2.05, 4.69) is 9.88 Å². The summed E-state index contributed by atoms with van der Waals surface area (Å²) in [6, 6.07) is 0. The molecule has 1 fully saturated rings. The number of aliphatic hydroxyl groups excluding tert-OH is 1. The van der Waals surface area contributed by atoms with Crippen molar-refractivity contribution in [1.82, 2.24) is 4.98 Å². The van der Waals surface area contributed by atoms with E-state index in [1.165, 1.54) is 23.4 Å². The van der Waals surface area contributed by atoms with E-state index >= 15 is 0 Å². The summed E-state index contributed by atoms with van der Waals surface area (Å²) in [6.07, 6.45) is 6.72. The molecule has 1 saturated heterocycles. The molecule has 20 heavy (non-hydrogen) atoms. The number of hydrogen-bond donors (Lipinski definition) is 2. The molecule has 0 radical (unpaired) electrons. The average molecular weight is 279 g/mol. The minimum atomic E-state index is -0.137. The van der Waals surface area contributed by atoms with Gasteiger partial charge in [0.1, 0.15) is 0 Å². The van der Waals surface area contributed by atoms with E-state index < -0.39 is 0 Å². The van der Waals surface area contributed by atoms with Crippen LogP contribution in [0.1, 0.15) is 51.8 Å². The fourth-order valence-corrected chi connectivity index (χ4v) is 2.97. The molecule has 1 aromatic rings. The Morgan fingerprint density at radius 2 is 1.90 bits per heavy atom. The van der Waals surface area contributed by atoms with E-state index in [9.17, 15) is 5.11 Å². The number of aliphatic hydroxyl groups is 1. The number of piperidine rings is 1. The molecule has 3 N–H and O–H groups in total. The van der Waals surface area contributed by atoms with Crippen molar-refractivity contribution >= 4 is 11.4 Å². The minimum absolute atomic E-state index is 0. The first-order chi connectivity index (χ1) is 9.25. The number of anilines is 2. The number of nitrogens with two attached hydrogens (primary N) is 1. The van der Waals surface area contributed by atoms with Crippen LogP contribution in [0.4, 0.5) is 11.4 Å². The fraction of sp³-hybridized carbons (Fsp3) is 0.688. The molecular formula is C16H29N3O. The third kappa shape index (κ3) is 3.23. The van der Waals surface area contributed by atoms with Crippen molar-refractivity contribution < 1.29 is 5.11 Å². The predicted octanol–water partition coefficient (Wildman–Crippen LogP) is 2.78. The van der Waals surface area contributed by atoms with Crippen LogP contribution in [-0.2, 0) is 12.8 Å². The summed E-state index contributed by atoms with van der Waals surface area (Å²) in [5.74, 6) is 0. The summed E-state index contributed by atoms with van der Waals surface area (Å²) in [4.78, 5) is 6.76. The molecule has 2 aliphatic rings. The van der Waals surface area contributed by atoms with E-state index in [0.717, 1.165) is 44.5 Å². The fourth-order valence-electron chi connectivity index (χ4n) is 2.97. The number of fused-ring (bicyclic) bond motifs is 1. The van der Waals surface area contributed by atoms with Gasteiger partial charge < -0.3 is 15.7 Å². The molecule has 0 amide bonds. The smallest absolute Gasteiger partial charge is 0.0741 e. The normalized spacial score (nSPS) is 17.9. The molecule has 0 spiro atoms. The number of hydrogen-bond acceptors (Lipinski definition) is 4. The van der Waals surface area contributed by atoms with Crippen LogP contribution in [0.25, 0.3) is 0 Å². The van der Waals surface area contributed by atoms with Crippen LogP contribution in [0.3, 0.4) is 0 Å². The minimum Gasteiger partial charge on any atom is -0.396 e. The van der Waals surface area contributed by atoms with Gasteiger partial charge in [0.2, 0.25) is 0 Å². The van der Waals surface area contributed by atoms with Crippen molar-refractivity contribution in [2.24, 2.45) is 0 Å². The molecule has 1 aromatic heterocycles. The molecular weight excluding hydrogens is 250 g/mol. The Hall–Kier alpha value is -1.29. The maximum Gasteiger partial charge on any atom is 0.0741 e. The quantitative estimate of drug-likeness (QED) is 0.830. The molecule has 0 saturated carbocycles. The maximum atomic E-state index is 9.57. The van der Waals surface area contributed by atoms with Crippen LogP contribution >= 0.6 is 0 Å². The largest absolute Gasteiger partial charge is 0.396 e. The summed E-state index contributed by atoms with van der Waals surface area (Å²) in [6.45, 7) is 5.81. The first kappa shape index (κ1) is 16.8. The highest BCUT2D eigenvalue weighted by molar-refractivity contribution is 5.72. The first-order valence-corrected chi connectivity index (χ1v) is 7.45. The highest BCUT2D eigenvalue weighted by atomic mass is 16.3. The van der Waals surface area contributed by atoms with E-state index in [1.54, 1.807) is 6.20 Å². The molecule has 1 aliphatic heterocycles. The summed E-state index contributed by atoms with van der Waals surface area (Å²) in [5, 5.41) is 9.57. The Morgan fingerprint density at radius 3 is 2.55 bits per heavy atom. The van der Waals surface area contributed by atoms with Crippen LogP contribution in [0, 0.1) is 0 Å². The van der Waals surface area contributed by atoms with Crippen molar-refractivity contribution in [1.29, 1.82) is 0 Å². The third-order valence-electron chi connectivity index (χ3n) is 3.89. The molecule has 4 nitrogen and oxygen atoms in total. The molecule has 4 heteroatoms. The highest BCUT2D eigenvalue weighted by Gasteiger charge is 2.25. The number of aromatic nitrogens is 1. The zero-order valence-electron chi connectivity index (χ0n) is 12.0. The van der Waals surface area contributed by atoms with E-state index in [0.29, 0.717) is 0 Å². The van der Waals surface area contributed by atoms with Crippen LogP contribution in [0.15, 0.2) is 6.20 Å². The second-order valence-electron chi connectivity index (χ2n) is 5.06. The Morgan fingerprint density at radius 1 is 1.25 bits per heavy atom. The number of aryl methyl sites for hydroxylation is 1. The SMILES string of the molecule is C.CC.Nc1cnc2c(c1N1CCC(O)CC1)CCC2. The molecule has 3 rings (SSSR count). The molecule has 0 bridgehead atoms. The number of nitrogen functional groups attached to an aromatic ring is 1. The van der Waals surface area contributed by atoms with Gasteiger partial charge in [-0.05, 0) is 37.7 Å². The zero-order chi connectivity index (χ0) is 13.8. The Balaban J connectivity index is 0.000000639. The number of rotatable bonds is 1. The molecule has 1 aliphatic carbocycles. The van der Waals surface area contributed by atoms with Gasteiger partial charge in [-0.25, -0.2) is 0 Å². The summed E-state index contributed by atoms with van der Waals surface area (Å²) in [7, 11) is 0. The Kier molecular flexibility index (Phi) is 6.27. The van der Waals surface area contributed by atoms with Crippen LogP contribution in [-0.4, -0.2) is 29.3 Å². The lowest BCUT2D eigenvalue weighted by Crippen LogP contribution is -2.36. The van der Waals surface area contributed by atoms with Crippen LogP contribution in [0.5, 0.6) is 0 Å². The lowest BCUT2D eigenvalue weighted by Gasteiger charge is -2.33. The summed E-state index contributed by atoms with van der Waals surface area (Å²) < 4.78 is 0. The van der Waals surface area contributed by atoms with Gasteiger partial charge in [0.25, 0.3) is 0 Å². The summed E-state index contributed by atoms with van der Waals surface area (Å²) >= 11 is 0. The molecule has 2 heterocycles. The van der Waals surface area contributed by atoms with E-state index in [1.807, 2.05) is 13.8 Å². The third-order valence-corrected chi connectivity index (χ3v) is 3.89. The van der Waals surface area contributed by atoms with Gasteiger partial charge in [-0.1, -0.05) is 21.3 Å².